The van der Waals surface area contributed by atoms with Crippen LogP contribution in [0.15, 0.2) is 24.5 Å². The second-order valence-electron chi connectivity index (χ2n) is 7.14. The number of hydrogen-bond acceptors (Lipinski definition) is 4. The molecule has 2 amide bonds. The fraction of sp³-hybridized carbons (Fsp3) is 0.632. The zero-order valence-corrected chi connectivity index (χ0v) is 15.1. The molecule has 3 heterocycles. The number of amides is 2. The normalized spacial score (nSPS) is 25.4. The molecule has 0 radical (unpaired) electrons. The number of pyridine rings is 1. The van der Waals surface area contributed by atoms with Gasteiger partial charge >= 0.3 is 0 Å². The highest BCUT2D eigenvalue weighted by Crippen LogP contribution is 2.24. The molecule has 2 saturated heterocycles. The molecule has 3 atom stereocenters. The van der Waals surface area contributed by atoms with Gasteiger partial charge in [0.2, 0.25) is 11.8 Å². The van der Waals surface area contributed by atoms with Gasteiger partial charge in [0.05, 0.1) is 12.0 Å². The Kier molecular flexibility index (Phi) is 5.68. The van der Waals surface area contributed by atoms with Crippen molar-refractivity contribution in [1.82, 2.24) is 20.1 Å². The summed E-state index contributed by atoms with van der Waals surface area (Å²) in [6.07, 6.45) is 6.12. The minimum absolute atomic E-state index is 0.0288. The molecule has 1 aromatic rings. The van der Waals surface area contributed by atoms with Gasteiger partial charge < -0.3 is 10.2 Å². The Morgan fingerprint density at radius 1 is 1.40 bits per heavy atom. The van der Waals surface area contributed by atoms with E-state index in [9.17, 15) is 9.59 Å². The van der Waals surface area contributed by atoms with Crippen LogP contribution in [0.3, 0.4) is 0 Å². The van der Waals surface area contributed by atoms with Crippen molar-refractivity contribution in [3.05, 3.63) is 30.1 Å². The predicted octanol–water partition coefficient (Wildman–Crippen LogP) is 1.59. The minimum Gasteiger partial charge on any atom is -0.349 e. The maximum atomic E-state index is 12.6. The zero-order chi connectivity index (χ0) is 17.8. The molecule has 2 fully saturated rings. The maximum absolute atomic E-state index is 12.6. The van der Waals surface area contributed by atoms with Crippen molar-refractivity contribution in [2.75, 3.05) is 26.2 Å². The average Bonchev–Trinajstić information content (AvgIpc) is 3.22. The number of aromatic nitrogens is 1. The van der Waals surface area contributed by atoms with Crippen LogP contribution < -0.4 is 5.32 Å². The van der Waals surface area contributed by atoms with Gasteiger partial charge in [-0.25, -0.2) is 0 Å². The van der Waals surface area contributed by atoms with Crippen LogP contribution in [-0.4, -0.2) is 58.8 Å². The number of carbonyl (C=O) groups excluding carboxylic acids is 2. The summed E-state index contributed by atoms with van der Waals surface area (Å²) >= 11 is 0. The van der Waals surface area contributed by atoms with Crippen LogP contribution in [0.2, 0.25) is 0 Å². The Balaban J connectivity index is 1.54. The third-order valence-corrected chi connectivity index (χ3v) is 5.49. The quantitative estimate of drug-likeness (QED) is 0.851. The molecule has 0 spiro atoms. The average molecular weight is 344 g/mol. The monoisotopic (exact) mass is 344 g/mol. The minimum atomic E-state index is -0.242. The smallest absolute Gasteiger partial charge is 0.225 e. The topological polar surface area (TPSA) is 65.5 Å². The van der Waals surface area contributed by atoms with Crippen molar-refractivity contribution in [3.63, 3.8) is 0 Å². The van der Waals surface area contributed by atoms with E-state index in [4.69, 9.17) is 0 Å². The first-order valence-corrected chi connectivity index (χ1v) is 9.30. The van der Waals surface area contributed by atoms with E-state index in [0.717, 1.165) is 31.6 Å². The van der Waals surface area contributed by atoms with E-state index in [1.807, 2.05) is 24.0 Å². The van der Waals surface area contributed by atoms with Crippen molar-refractivity contribution in [3.8, 4) is 0 Å². The summed E-state index contributed by atoms with van der Waals surface area (Å²) in [5.74, 6) is -0.160. The number of nitrogens with zero attached hydrogens (tertiary/aromatic N) is 3. The highest BCUT2D eigenvalue weighted by molar-refractivity contribution is 5.89. The van der Waals surface area contributed by atoms with Gasteiger partial charge in [-0.1, -0.05) is 6.92 Å². The fourth-order valence-electron chi connectivity index (χ4n) is 3.96. The second-order valence-corrected chi connectivity index (χ2v) is 7.14. The molecule has 2 aliphatic heterocycles. The number of carbonyl (C=O) groups is 2. The van der Waals surface area contributed by atoms with Crippen molar-refractivity contribution < 1.29 is 9.59 Å². The molecule has 6 heteroatoms. The SMILES string of the molecule is CCN1CCCC1CN1CC(C(=O)NC(C)c2ccncc2)CC1=O. The number of nitrogens with one attached hydrogen (secondary N) is 1. The van der Waals surface area contributed by atoms with Crippen molar-refractivity contribution in [1.29, 1.82) is 0 Å². The Labute approximate surface area is 149 Å². The lowest BCUT2D eigenvalue weighted by Crippen LogP contribution is -2.41. The van der Waals surface area contributed by atoms with E-state index < -0.39 is 0 Å². The molecule has 0 aromatic carbocycles. The van der Waals surface area contributed by atoms with Crippen LogP contribution in [0.5, 0.6) is 0 Å². The first kappa shape index (κ1) is 17.9. The van der Waals surface area contributed by atoms with Crippen LogP contribution in [-0.2, 0) is 9.59 Å². The van der Waals surface area contributed by atoms with Crippen LogP contribution >= 0.6 is 0 Å². The molecular formula is C19H28N4O2. The van der Waals surface area contributed by atoms with Crippen LogP contribution in [0.1, 0.15) is 44.7 Å². The summed E-state index contributed by atoms with van der Waals surface area (Å²) < 4.78 is 0. The maximum Gasteiger partial charge on any atom is 0.225 e. The summed E-state index contributed by atoms with van der Waals surface area (Å²) in [5, 5.41) is 3.04. The molecule has 0 bridgehead atoms. The summed E-state index contributed by atoms with van der Waals surface area (Å²) in [5.41, 5.74) is 1.02. The Hall–Kier alpha value is -1.95. The van der Waals surface area contributed by atoms with E-state index in [1.165, 1.54) is 6.42 Å². The van der Waals surface area contributed by atoms with Crippen LogP contribution in [0, 0.1) is 5.92 Å². The van der Waals surface area contributed by atoms with Gasteiger partial charge in [0.15, 0.2) is 0 Å². The Morgan fingerprint density at radius 2 is 2.16 bits per heavy atom. The second kappa shape index (κ2) is 7.95. The van der Waals surface area contributed by atoms with Crippen LogP contribution in [0.4, 0.5) is 0 Å². The van der Waals surface area contributed by atoms with E-state index >= 15 is 0 Å². The Morgan fingerprint density at radius 3 is 2.88 bits per heavy atom. The lowest BCUT2D eigenvalue weighted by molar-refractivity contribution is -0.129. The lowest BCUT2D eigenvalue weighted by Gasteiger charge is -2.27. The highest BCUT2D eigenvalue weighted by atomic mass is 16.2. The summed E-state index contributed by atoms with van der Waals surface area (Å²) in [6, 6.07) is 4.17. The van der Waals surface area contributed by atoms with Gasteiger partial charge in [-0.2, -0.15) is 0 Å². The summed E-state index contributed by atoms with van der Waals surface area (Å²) in [4.78, 5) is 33.2. The zero-order valence-electron chi connectivity index (χ0n) is 15.1. The third kappa shape index (κ3) is 4.18. The number of likely N-dealkylation sites (tertiary alicyclic amines) is 2. The fourth-order valence-corrected chi connectivity index (χ4v) is 3.96. The van der Waals surface area contributed by atoms with Crippen molar-refractivity contribution in [2.24, 2.45) is 5.92 Å². The van der Waals surface area contributed by atoms with Gasteiger partial charge in [0, 0.05) is 37.9 Å². The first-order chi connectivity index (χ1) is 12.1. The molecular weight excluding hydrogens is 316 g/mol. The summed E-state index contributed by atoms with van der Waals surface area (Å²) in [6.45, 7) is 7.58. The van der Waals surface area contributed by atoms with Gasteiger partial charge in [-0.15, -0.1) is 0 Å². The number of hydrogen-bond donors (Lipinski definition) is 1. The van der Waals surface area contributed by atoms with Crippen molar-refractivity contribution >= 4 is 11.8 Å². The Bertz CT molecular complexity index is 607. The summed E-state index contributed by atoms with van der Waals surface area (Å²) in [7, 11) is 0. The molecule has 0 saturated carbocycles. The molecule has 1 aromatic heterocycles. The van der Waals surface area contributed by atoms with Crippen molar-refractivity contribution in [2.45, 2.75) is 45.2 Å². The lowest BCUT2D eigenvalue weighted by atomic mass is 10.1. The van der Waals surface area contributed by atoms with Gasteiger partial charge in [-0.3, -0.25) is 19.5 Å². The molecule has 25 heavy (non-hydrogen) atoms. The number of rotatable bonds is 6. The molecule has 136 valence electrons. The van der Waals surface area contributed by atoms with Crippen LogP contribution in [0.25, 0.3) is 0 Å². The molecule has 2 aliphatic rings. The standard InChI is InChI=1S/C19H28N4O2/c1-3-22-10-4-5-17(22)13-23-12-16(11-18(23)24)19(25)21-14(2)15-6-8-20-9-7-15/h6-9,14,16-17H,3-5,10-13H2,1-2H3,(H,21,25). The molecule has 3 unspecified atom stereocenters. The third-order valence-electron chi connectivity index (χ3n) is 5.49. The van der Waals surface area contributed by atoms with Gasteiger partial charge in [0.1, 0.15) is 0 Å². The predicted molar refractivity (Wildman–Crippen MR) is 95.8 cm³/mol. The first-order valence-electron chi connectivity index (χ1n) is 9.30. The van der Waals surface area contributed by atoms with E-state index in [2.05, 4.69) is 22.1 Å². The molecule has 1 N–H and O–H groups in total. The molecule has 3 rings (SSSR count). The molecule has 6 nitrogen and oxygen atoms in total. The van der Waals surface area contributed by atoms with E-state index in [0.29, 0.717) is 19.0 Å². The van der Waals surface area contributed by atoms with E-state index in [1.54, 1.807) is 12.4 Å². The van der Waals surface area contributed by atoms with Gasteiger partial charge in [0.25, 0.3) is 0 Å². The molecule has 0 aliphatic carbocycles. The van der Waals surface area contributed by atoms with Gasteiger partial charge in [-0.05, 0) is 50.6 Å². The highest BCUT2D eigenvalue weighted by Gasteiger charge is 2.37. The van der Waals surface area contributed by atoms with E-state index in [-0.39, 0.29) is 23.8 Å². The largest absolute Gasteiger partial charge is 0.349 e. The number of likely N-dealkylation sites (N-methyl/N-ethyl adjacent to an activating group) is 1.